The van der Waals surface area contributed by atoms with Crippen molar-refractivity contribution in [1.82, 2.24) is 10.2 Å². The lowest BCUT2D eigenvalue weighted by Gasteiger charge is -2.13. The van der Waals surface area contributed by atoms with Crippen LogP contribution in [0, 0.1) is 9.39 Å². The van der Waals surface area contributed by atoms with Gasteiger partial charge in [0, 0.05) is 5.56 Å². The van der Waals surface area contributed by atoms with Crippen LogP contribution in [0.25, 0.3) is 6.08 Å². The summed E-state index contributed by atoms with van der Waals surface area (Å²) in [5.74, 6) is 0.0582. The third-order valence-electron chi connectivity index (χ3n) is 4.16. The van der Waals surface area contributed by atoms with E-state index in [2.05, 4.69) is 34.5 Å². The number of methoxy groups -OCH3 is 1. The van der Waals surface area contributed by atoms with Crippen LogP contribution >= 0.6 is 22.6 Å². The molecular weight excluding hydrogens is 490 g/mol. The van der Waals surface area contributed by atoms with Gasteiger partial charge in [0.25, 0.3) is 5.91 Å². The van der Waals surface area contributed by atoms with Crippen molar-refractivity contribution in [2.24, 2.45) is 0 Å². The van der Waals surface area contributed by atoms with E-state index in [-0.39, 0.29) is 17.8 Å². The van der Waals surface area contributed by atoms with Gasteiger partial charge in [-0.1, -0.05) is 30.9 Å². The zero-order valence-electron chi connectivity index (χ0n) is 15.6. The molecule has 3 amide bonds. The first-order chi connectivity index (χ1) is 13.9. The number of ether oxygens (including phenoxy) is 2. The van der Waals surface area contributed by atoms with E-state index in [0.29, 0.717) is 23.7 Å². The van der Waals surface area contributed by atoms with Gasteiger partial charge in [0.05, 0.1) is 17.2 Å². The molecule has 1 fully saturated rings. The number of benzene rings is 2. The van der Waals surface area contributed by atoms with E-state index < -0.39 is 17.8 Å². The Morgan fingerprint density at radius 2 is 2.03 bits per heavy atom. The van der Waals surface area contributed by atoms with Crippen molar-refractivity contribution in [3.63, 3.8) is 0 Å². The van der Waals surface area contributed by atoms with Gasteiger partial charge in [-0.05, 0) is 52.4 Å². The summed E-state index contributed by atoms with van der Waals surface area (Å²) in [6.45, 7) is 3.80. The molecule has 0 unspecified atom stereocenters. The number of amides is 3. The fourth-order valence-corrected chi connectivity index (χ4v) is 3.57. The lowest BCUT2D eigenvalue weighted by atomic mass is 10.1. The SMILES string of the molecule is C=CCOc1c(I)cc(/C=C2/NC(=O)N(Cc3ccccc3F)C2=O)cc1OC. The molecule has 2 aromatic carbocycles. The van der Waals surface area contributed by atoms with Crippen LogP contribution in [0.5, 0.6) is 11.5 Å². The number of imide groups is 1. The molecule has 1 aliphatic heterocycles. The lowest BCUT2D eigenvalue weighted by Crippen LogP contribution is -2.30. The summed E-state index contributed by atoms with van der Waals surface area (Å²) < 4.78 is 25.6. The fraction of sp³-hybridized carbons (Fsp3) is 0.143. The van der Waals surface area contributed by atoms with E-state index in [0.717, 1.165) is 8.47 Å². The Labute approximate surface area is 181 Å². The minimum Gasteiger partial charge on any atom is -0.493 e. The maximum atomic E-state index is 13.9. The van der Waals surface area contributed by atoms with E-state index in [1.54, 1.807) is 36.4 Å². The molecular formula is C21H18FIN2O4. The first kappa shape index (κ1) is 20.8. The van der Waals surface area contributed by atoms with E-state index in [9.17, 15) is 14.0 Å². The van der Waals surface area contributed by atoms with Crippen LogP contribution in [0.1, 0.15) is 11.1 Å². The first-order valence-electron chi connectivity index (χ1n) is 8.63. The number of nitrogens with zero attached hydrogens (tertiary/aromatic N) is 1. The number of nitrogens with one attached hydrogen (secondary N) is 1. The third kappa shape index (κ3) is 4.58. The molecule has 0 spiro atoms. The van der Waals surface area contributed by atoms with Gasteiger partial charge in [0.1, 0.15) is 18.1 Å². The van der Waals surface area contributed by atoms with E-state index in [4.69, 9.17) is 9.47 Å². The van der Waals surface area contributed by atoms with Gasteiger partial charge < -0.3 is 14.8 Å². The van der Waals surface area contributed by atoms with Crippen LogP contribution in [-0.4, -0.2) is 30.6 Å². The summed E-state index contributed by atoms with van der Waals surface area (Å²) >= 11 is 2.10. The van der Waals surface area contributed by atoms with Crippen molar-refractivity contribution in [3.05, 3.63) is 75.3 Å². The molecule has 150 valence electrons. The normalized spacial score (nSPS) is 14.9. The topological polar surface area (TPSA) is 67.9 Å². The number of hydrogen-bond acceptors (Lipinski definition) is 4. The van der Waals surface area contributed by atoms with Gasteiger partial charge in [-0.3, -0.25) is 9.69 Å². The summed E-state index contributed by atoms with van der Waals surface area (Å²) in [6, 6.07) is 8.92. The molecule has 0 bridgehead atoms. The number of hydrogen-bond donors (Lipinski definition) is 1. The number of carbonyl (C=O) groups is 2. The monoisotopic (exact) mass is 508 g/mol. The molecule has 1 aliphatic rings. The van der Waals surface area contributed by atoms with E-state index >= 15 is 0 Å². The Balaban J connectivity index is 1.86. The molecule has 0 atom stereocenters. The van der Waals surface area contributed by atoms with Crippen LogP contribution in [0.2, 0.25) is 0 Å². The second-order valence-electron chi connectivity index (χ2n) is 6.10. The minimum absolute atomic E-state index is 0.101. The molecule has 0 aliphatic carbocycles. The van der Waals surface area contributed by atoms with Crippen molar-refractivity contribution in [1.29, 1.82) is 0 Å². The van der Waals surface area contributed by atoms with Crippen molar-refractivity contribution in [3.8, 4) is 11.5 Å². The largest absolute Gasteiger partial charge is 0.493 e. The molecule has 1 saturated heterocycles. The van der Waals surface area contributed by atoms with Crippen LogP contribution in [0.4, 0.5) is 9.18 Å². The molecule has 0 saturated carbocycles. The summed E-state index contributed by atoms with van der Waals surface area (Å²) in [7, 11) is 1.52. The van der Waals surface area contributed by atoms with Gasteiger partial charge >= 0.3 is 6.03 Å². The Hall–Kier alpha value is -2.88. The Morgan fingerprint density at radius 3 is 2.72 bits per heavy atom. The quantitative estimate of drug-likeness (QED) is 0.265. The highest BCUT2D eigenvalue weighted by Gasteiger charge is 2.34. The second-order valence-corrected chi connectivity index (χ2v) is 7.27. The summed E-state index contributed by atoms with van der Waals surface area (Å²) in [5, 5.41) is 2.54. The first-order valence-corrected chi connectivity index (χ1v) is 9.71. The maximum absolute atomic E-state index is 13.9. The van der Waals surface area contributed by atoms with Gasteiger partial charge in [0.15, 0.2) is 11.5 Å². The van der Waals surface area contributed by atoms with Crippen LogP contribution in [0.3, 0.4) is 0 Å². The van der Waals surface area contributed by atoms with Crippen LogP contribution in [-0.2, 0) is 11.3 Å². The second kappa shape index (κ2) is 9.08. The maximum Gasteiger partial charge on any atom is 0.329 e. The van der Waals surface area contributed by atoms with Crippen molar-refractivity contribution >= 4 is 40.6 Å². The van der Waals surface area contributed by atoms with Gasteiger partial charge in [-0.2, -0.15) is 0 Å². The number of urea groups is 1. The zero-order valence-corrected chi connectivity index (χ0v) is 17.7. The van der Waals surface area contributed by atoms with Crippen molar-refractivity contribution < 1.29 is 23.5 Å². The molecule has 0 aromatic heterocycles. The Morgan fingerprint density at radius 1 is 1.28 bits per heavy atom. The molecule has 1 heterocycles. The smallest absolute Gasteiger partial charge is 0.329 e. The molecule has 8 heteroatoms. The molecule has 2 aromatic rings. The number of carbonyl (C=O) groups excluding carboxylic acids is 2. The Bertz CT molecular complexity index is 1010. The molecule has 0 radical (unpaired) electrons. The standard InChI is InChI=1S/C21H18FIN2O4/c1-3-8-29-19-16(23)9-13(11-18(19)28-2)10-17-20(26)25(21(27)24-17)12-14-6-4-5-7-15(14)22/h3-7,9-11H,1,8,12H2,2H3,(H,24,27)/b17-10+. The van der Waals surface area contributed by atoms with Crippen molar-refractivity contribution in [2.45, 2.75) is 6.54 Å². The van der Waals surface area contributed by atoms with Crippen LogP contribution in [0.15, 0.2) is 54.8 Å². The third-order valence-corrected chi connectivity index (χ3v) is 4.96. The minimum atomic E-state index is -0.600. The predicted octanol–water partition coefficient (Wildman–Crippen LogP) is 4.10. The molecule has 6 nitrogen and oxygen atoms in total. The average molecular weight is 508 g/mol. The van der Waals surface area contributed by atoms with Gasteiger partial charge in [-0.25, -0.2) is 9.18 Å². The predicted molar refractivity (Wildman–Crippen MR) is 115 cm³/mol. The van der Waals surface area contributed by atoms with Gasteiger partial charge in [-0.15, -0.1) is 0 Å². The average Bonchev–Trinajstić information content (AvgIpc) is 2.95. The lowest BCUT2D eigenvalue weighted by molar-refractivity contribution is -0.123. The number of halogens is 2. The summed E-state index contributed by atoms with van der Waals surface area (Å²) in [5.41, 5.74) is 1.01. The summed E-state index contributed by atoms with van der Waals surface area (Å²) in [6.07, 6.45) is 3.17. The highest BCUT2D eigenvalue weighted by Crippen LogP contribution is 2.35. The zero-order chi connectivity index (χ0) is 21.0. The highest BCUT2D eigenvalue weighted by molar-refractivity contribution is 14.1. The summed E-state index contributed by atoms with van der Waals surface area (Å²) in [4.78, 5) is 25.9. The van der Waals surface area contributed by atoms with Gasteiger partial charge in [0.2, 0.25) is 0 Å². The van der Waals surface area contributed by atoms with Crippen molar-refractivity contribution in [2.75, 3.05) is 13.7 Å². The Kier molecular flexibility index (Phi) is 6.53. The fourth-order valence-electron chi connectivity index (χ4n) is 2.78. The van der Waals surface area contributed by atoms with E-state index in [1.807, 2.05) is 0 Å². The van der Waals surface area contributed by atoms with Crippen LogP contribution < -0.4 is 14.8 Å². The van der Waals surface area contributed by atoms with E-state index in [1.165, 1.54) is 19.2 Å². The number of rotatable bonds is 7. The molecule has 1 N–H and O–H groups in total. The highest BCUT2D eigenvalue weighted by atomic mass is 127. The molecule has 29 heavy (non-hydrogen) atoms. The molecule has 3 rings (SSSR count).